The van der Waals surface area contributed by atoms with Crippen LogP contribution in [0.4, 0.5) is 0 Å². The summed E-state index contributed by atoms with van der Waals surface area (Å²) >= 11 is 0. The lowest BCUT2D eigenvalue weighted by Crippen LogP contribution is -2.01. The van der Waals surface area contributed by atoms with Gasteiger partial charge in [-0.15, -0.1) is 0 Å². The molecule has 0 atom stereocenters. The molecule has 1 aromatic heterocycles. The molecule has 7 heteroatoms. The summed E-state index contributed by atoms with van der Waals surface area (Å²) in [6.45, 7) is 6.58. The summed E-state index contributed by atoms with van der Waals surface area (Å²) in [5, 5.41) is 26.0. The minimum atomic E-state index is -0.833. The summed E-state index contributed by atoms with van der Waals surface area (Å²) in [5.41, 5.74) is 3.75. The number of nitrogens with zero attached hydrogens (tertiary/aromatic N) is 1. The van der Waals surface area contributed by atoms with Crippen molar-refractivity contribution in [2.75, 3.05) is 13.2 Å². The molecular formula is C27H36N2O5. The summed E-state index contributed by atoms with van der Waals surface area (Å²) in [6.07, 6.45) is 6.17. The lowest BCUT2D eigenvalue weighted by atomic mass is 10.0. The quantitative estimate of drug-likeness (QED) is 0.278. The molecule has 7 nitrogen and oxygen atoms in total. The van der Waals surface area contributed by atoms with Gasteiger partial charge in [-0.1, -0.05) is 38.0 Å². The normalized spacial score (nSPS) is 9.91. The molecule has 0 radical (unpaired) electrons. The van der Waals surface area contributed by atoms with Gasteiger partial charge in [0.1, 0.15) is 18.1 Å². The molecule has 0 bridgehead atoms. The molecule has 3 N–H and O–H groups in total. The number of hydrogen-bond donors (Lipinski definition) is 3. The molecule has 0 spiro atoms. The number of para-hydroxylation sites is 1. The molecule has 3 rings (SSSR count). The molecule has 34 heavy (non-hydrogen) atoms. The van der Waals surface area contributed by atoms with E-state index in [-0.39, 0.29) is 19.0 Å². The number of unbranched alkanes of at least 4 members (excludes halogenated alkanes) is 2. The molecular weight excluding hydrogens is 432 g/mol. The van der Waals surface area contributed by atoms with Gasteiger partial charge in [-0.2, -0.15) is 0 Å². The number of aliphatic carboxylic acids is 1. The molecule has 0 aliphatic carbocycles. The van der Waals surface area contributed by atoms with E-state index in [9.17, 15) is 4.79 Å². The van der Waals surface area contributed by atoms with Gasteiger partial charge in [-0.25, -0.2) is 0 Å². The minimum absolute atomic E-state index is 0.0112. The molecule has 0 amide bonds. The van der Waals surface area contributed by atoms with Crippen LogP contribution < -0.4 is 4.74 Å². The zero-order valence-electron chi connectivity index (χ0n) is 20.5. The van der Waals surface area contributed by atoms with Gasteiger partial charge >= 0.3 is 0 Å². The van der Waals surface area contributed by atoms with Crippen molar-refractivity contribution in [2.24, 2.45) is 0 Å². The van der Waals surface area contributed by atoms with E-state index in [0.29, 0.717) is 5.71 Å². The third-order valence-corrected chi connectivity index (χ3v) is 4.53. The second kappa shape index (κ2) is 15.4. The van der Waals surface area contributed by atoms with Gasteiger partial charge in [0, 0.05) is 35.5 Å². The van der Waals surface area contributed by atoms with Gasteiger partial charge in [0.2, 0.25) is 0 Å². The van der Waals surface area contributed by atoms with Crippen molar-refractivity contribution in [1.29, 1.82) is 5.41 Å². The summed E-state index contributed by atoms with van der Waals surface area (Å²) < 4.78 is 7.72. The fourth-order valence-corrected chi connectivity index (χ4v) is 3.19. The number of carboxylic acids is 1. The van der Waals surface area contributed by atoms with E-state index in [0.717, 1.165) is 60.5 Å². The van der Waals surface area contributed by atoms with E-state index in [1.165, 1.54) is 13.8 Å². The average molecular weight is 469 g/mol. The maximum Gasteiger partial charge on any atom is 0.300 e. The Hall–Kier alpha value is -3.45. The average Bonchev–Trinajstić information content (AvgIpc) is 3.16. The van der Waals surface area contributed by atoms with Gasteiger partial charge in [0.15, 0.2) is 0 Å². The highest BCUT2D eigenvalue weighted by atomic mass is 16.5. The van der Waals surface area contributed by atoms with Crippen molar-refractivity contribution >= 4 is 28.4 Å². The van der Waals surface area contributed by atoms with Gasteiger partial charge < -0.3 is 29.7 Å². The number of rotatable bonds is 9. The first kappa shape index (κ1) is 28.6. The molecule has 0 fully saturated rings. The van der Waals surface area contributed by atoms with Crippen LogP contribution in [0.15, 0.2) is 54.7 Å². The van der Waals surface area contributed by atoms with Gasteiger partial charge in [0.25, 0.3) is 5.97 Å². The molecule has 3 aromatic rings. The number of aromatic nitrogens is 1. The van der Waals surface area contributed by atoms with E-state index in [4.69, 9.17) is 25.2 Å². The number of carbonyl (C=O) groups excluding carboxylic acids is 1. The summed E-state index contributed by atoms with van der Waals surface area (Å²) in [4.78, 5) is 18.4. The first-order valence-electron chi connectivity index (χ1n) is 11.4. The number of benzene rings is 2. The first-order valence-corrected chi connectivity index (χ1v) is 11.4. The van der Waals surface area contributed by atoms with Crippen LogP contribution in [0.5, 0.6) is 5.75 Å². The zero-order chi connectivity index (χ0) is 25.5. The highest BCUT2D eigenvalue weighted by Gasteiger charge is 2.14. The van der Waals surface area contributed by atoms with Crippen molar-refractivity contribution in [3.05, 3.63) is 60.3 Å². The summed E-state index contributed by atoms with van der Waals surface area (Å²) in [6, 6.07) is 16.1. The Morgan fingerprint density at radius 3 is 2.21 bits per heavy atom. The fourth-order valence-electron chi connectivity index (χ4n) is 3.19. The van der Waals surface area contributed by atoms with Crippen LogP contribution in [0.2, 0.25) is 0 Å². The van der Waals surface area contributed by atoms with E-state index >= 15 is 0 Å². The number of ether oxygens (including phenoxy) is 1. The number of carbonyl (C=O) groups is 2. The van der Waals surface area contributed by atoms with Crippen LogP contribution in [-0.4, -0.2) is 45.5 Å². The summed E-state index contributed by atoms with van der Waals surface area (Å²) in [5.74, 6) is 0.0555. The molecule has 0 aliphatic rings. The number of nitrogens with one attached hydrogen (secondary N) is 1. The van der Waals surface area contributed by atoms with Gasteiger partial charge in [-0.3, -0.25) is 4.79 Å². The SMILES string of the molecule is CC(=O)O.CC(C)=O.CCCCCC(=N)c1cn(-c2ccccc2)c2ccc(OCCO)cc12. The number of ketones is 1. The molecule has 0 saturated heterocycles. The van der Waals surface area contributed by atoms with E-state index in [2.05, 4.69) is 29.8 Å². The van der Waals surface area contributed by atoms with Crippen LogP contribution in [0.3, 0.4) is 0 Å². The predicted molar refractivity (Wildman–Crippen MR) is 136 cm³/mol. The van der Waals surface area contributed by atoms with Crippen molar-refractivity contribution in [1.82, 2.24) is 4.57 Å². The molecule has 184 valence electrons. The Bertz CT molecular complexity index is 1040. The third kappa shape index (κ3) is 10.0. The zero-order valence-corrected chi connectivity index (χ0v) is 20.5. The van der Waals surface area contributed by atoms with Crippen LogP contribution in [0, 0.1) is 5.41 Å². The fraction of sp³-hybridized carbons (Fsp3) is 0.370. The molecule has 2 aromatic carbocycles. The second-order valence-corrected chi connectivity index (χ2v) is 7.86. The van der Waals surface area contributed by atoms with E-state index < -0.39 is 5.97 Å². The highest BCUT2D eigenvalue weighted by molar-refractivity contribution is 6.10. The van der Waals surface area contributed by atoms with Crippen molar-refractivity contribution < 1.29 is 24.5 Å². The Morgan fingerprint density at radius 2 is 1.65 bits per heavy atom. The number of aliphatic hydroxyl groups is 1. The smallest absolute Gasteiger partial charge is 0.300 e. The topological polar surface area (TPSA) is 113 Å². The number of Topliss-reactive ketones (excluding diaryl/α,β-unsaturated/α-hetero) is 1. The molecule has 0 aliphatic heterocycles. The largest absolute Gasteiger partial charge is 0.491 e. The van der Waals surface area contributed by atoms with Gasteiger partial charge in [0.05, 0.1) is 12.1 Å². The maximum absolute atomic E-state index is 9.44. The minimum Gasteiger partial charge on any atom is -0.491 e. The predicted octanol–water partition coefficient (Wildman–Crippen LogP) is 5.64. The van der Waals surface area contributed by atoms with Crippen LogP contribution in [0.25, 0.3) is 16.6 Å². The van der Waals surface area contributed by atoms with E-state index in [1.54, 1.807) is 0 Å². The Labute approximate surface area is 201 Å². The third-order valence-electron chi connectivity index (χ3n) is 4.53. The molecule has 0 unspecified atom stereocenters. The number of aliphatic hydroxyl groups excluding tert-OH is 1. The standard InChI is InChI=1S/C22H26N2O2.C3H6O.C2H4O2/c1-2-3-5-10-21(23)20-16-24(17-8-6-4-7-9-17)22-12-11-18(15-19(20)22)26-14-13-25;1-3(2)4;1-2(3)4/h4,6-9,11-12,15-16,23,25H,2-3,5,10,13-14H2,1H3;1-2H3;1H3,(H,3,4). The van der Waals surface area contributed by atoms with E-state index in [1.807, 2.05) is 36.4 Å². The van der Waals surface area contributed by atoms with Crippen molar-refractivity contribution in [2.45, 2.75) is 53.4 Å². The van der Waals surface area contributed by atoms with Crippen LogP contribution in [-0.2, 0) is 9.59 Å². The van der Waals surface area contributed by atoms with Crippen LogP contribution >= 0.6 is 0 Å². The molecule has 1 heterocycles. The van der Waals surface area contributed by atoms with Crippen molar-refractivity contribution in [3.63, 3.8) is 0 Å². The molecule has 0 saturated carbocycles. The summed E-state index contributed by atoms with van der Waals surface area (Å²) in [7, 11) is 0. The Balaban J connectivity index is 0.000000629. The monoisotopic (exact) mass is 468 g/mol. The second-order valence-electron chi connectivity index (χ2n) is 7.86. The van der Waals surface area contributed by atoms with Crippen LogP contribution in [0.1, 0.15) is 58.9 Å². The van der Waals surface area contributed by atoms with Gasteiger partial charge in [-0.05, 0) is 57.0 Å². The highest BCUT2D eigenvalue weighted by Crippen LogP contribution is 2.30. The lowest BCUT2D eigenvalue weighted by Gasteiger charge is -2.07. The number of fused-ring (bicyclic) bond motifs is 1. The lowest BCUT2D eigenvalue weighted by molar-refractivity contribution is -0.134. The Morgan fingerprint density at radius 1 is 1.03 bits per heavy atom. The maximum atomic E-state index is 9.44. The van der Waals surface area contributed by atoms with Crippen molar-refractivity contribution in [3.8, 4) is 11.4 Å². The number of hydrogen-bond acceptors (Lipinski definition) is 5. The first-order chi connectivity index (χ1) is 16.2. The number of carboxylic acid groups (broad SMARTS) is 1. The Kier molecular flexibility index (Phi) is 12.9.